The molecule has 0 saturated carbocycles. The maximum absolute atomic E-state index is 13.4. The molecule has 0 heterocycles. The van der Waals surface area contributed by atoms with E-state index in [9.17, 15) is 13.6 Å². The van der Waals surface area contributed by atoms with E-state index in [1.807, 2.05) is 25.1 Å². The molecule has 0 spiro atoms. The number of hydrogen-bond acceptors (Lipinski definition) is 2. The highest BCUT2D eigenvalue weighted by Crippen LogP contribution is 2.17. The van der Waals surface area contributed by atoms with Gasteiger partial charge in [-0.3, -0.25) is 4.79 Å². The van der Waals surface area contributed by atoms with E-state index in [1.54, 1.807) is 0 Å². The molecule has 0 atom stereocenters. The lowest BCUT2D eigenvalue weighted by atomic mass is 10.1. The van der Waals surface area contributed by atoms with Crippen LogP contribution in [-0.4, -0.2) is 11.5 Å². The quantitative estimate of drug-likeness (QED) is 0.760. The van der Waals surface area contributed by atoms with Crippen LogP contribution in [0.4, 0.5) is 8.78 Å². The summed E-state index contributed by atoms with van der Waals surface area (Å²) in [6.07, 6.45) is 0. The first-order valence-corrected chi connectivity index (χ1v) is 7.33. The number of rotatable bonds is 5. The lowest BCUT2D eigenvalue weighted by molar-refractivity contribution is 0.101. The third-order valence-corrected chi connectivity index (χ3v) is 3.82. The summed E-state index contributed by atoms with van der Waals surface area (Å²) in [5.41, 5.74) is 2.24. The van der Waals surface area contributed by atoms with Crippen LogP contribution in [0.15, 0.2) is 42.5 Å². The lowest BCUT2D eigenvalue weighted by Crippen LogP contribution is -2.06. The molecule has 0 bridgehead atoms. The van der Waals surface area contributed by atoms with Gasteiger partial charge in [0.05, 0.1) is 11.3 Å². The van der Waals surface area contributed by atoms with Gasteiger partial charge in [0, 0.05) is 11.8 Å². The highest BCUT2D eigenvalue weighted by Gasteiger charge is 2.12. The molecular weight excluding hydrogens is 278 g/mol. The van der Waals surface area contributed by atoms with Gasteiger partial charge in [0.2, 0.25) is 0 Å². The summed E-state index contributed by atoms with van der Waals surface area (Å²) in [5, 5.41) is 0. The highest BCUT2D eigenvalue weighted by atomic mass is 32.2. The summed E-state index contributed by atoms with van der Waals surface area (Å²) in [6.45, 7) is 2.01. The zero-order chi connectivity index (χ0) is 14.5. The van der Waals surface area contributed by atoms with Crippen LogP contribution in [0, 0.1) is 18.6 Å². The van der Waals surface area contributed by atoms with Gasteiger partial charge in [0.25, 0.3) is 0 Å². The van der Waals surface area contributed by atoms with Gasteiger partial charge in [0.1, 0.15) is 11.6 Å². The minimum Gasteiger partial charge on any atom is -0.293 e. The van der Waals surface area contributed by atoms with Gasteiger partial charge in [-0.2, -0.15) is 0 Å². The van der Waals surface area contributed by atoms with Crippen molar-refractivity contribution in [2.75, 3.05) is 5.75 Å². The van der Waals surface area contributed by atoms with Crippen LogP contribution in [0.5, 0.6) is 0 Å². The van der Waals surface area contributed by atoms with Crippen LogP contribution in [0.25, 0.3) is 0 Å². The number of carbonyl (C=O) groups is 1. The van der Waals surface area contributed by atoms with Gasteiger partial charge in [-0.05, 0) is 24.6 Å². The molecular formula is C16H14F2OS. The fraction of sp³-hybridized carbons (Fsp3) is 0.188. The Bertz CT molecular complexity index is 626. The average Bonchev–Trinajstić information content (AvgIpc) is 2.38. The molecule has 0 unspecified atom stereocenters. The summed E-state index contributed by atoms with van der Waals surface area (Å²) >= 11 is 1.42. The normalized spacial score (nSPS) is 10.6. The van der Waals surface area contributed by atoms with E-state index >= 15 is 0 Å². The fourth-order valence-electron chi connectivity index (χ4n) is 1.86. The third kappa shape index (κ3) is 3.90. The Morgan fingerprint density at radius 3 is 2.65 bits per heavy atom. The summed E-state index contributed by atoms with van der Waals surface area (Å²) < 4.78 is 26.2. The first-order valence-electron chi connectivity index (χ1n) is 6.18. The minimum atomic E-state index is -0.800. The number of hydrogen-bond donors (Lipinski definition) is 0. The number of Topliss-reactive ketones (excluding diaryl/α,β-unsaturated/α-hetero) is 1. The second kappa shape index (κ2) is 6.66. The number of aryl methyl sites for hydroxylation is 1. The average molecular weight is 292 g/mol. The van der Waals surface area contributed by atoms with Crippen molar-refractivity contribution in [3.05, 3.63) is 70.8 Å². The van der Waals surface area contributed by atoms with Gasteiger partial charge < -0.3 is 0 Å². The van der Waals surface area contributed by atoms with Crippen LogP contribution >= 0.6 is 11.8 Å². The Hall–Kier alpha value is -1.68. The van der Waals surface area contributed by atoms with Crippen molar-refractivity contribution in [2.45, 2.75) is 12.7 Å². The van der Waals surface area contributed by atoms with Crippen LogP contribution in [0.1, 0.15) is 21.5 Å². The highest BCUT2D eigenvalue weighted by molar-refractivity contribution is 7.99. The summed E-state index contributed by atoms with van der Waals surface area (Å²) in [5.74, 6) is -0.926. The van der Waals surface area contributed by atoms with Gasteiger partial charge in [0.15, 0.2) is 5.78 Å². The molecule has 0 aliphatic heterocycles. The largest absolute Gasteiger partial charge is 0.293 e. The summed E-state index contributed by atoms with van der Waals surface area (Å²) in [7, 11) is 0. The Morgan fingerprint density at radius 1 is 1.15 bits per heavy atom. The number of benzene rings is 2. The molecule has 20 heavy (non-hydrogen) atoms. The molecule has 4 heteroatoms. The monoisotopic (exact) mass is 292 g/mol. The second-order valence-corrected chi connectivity index (χ2v) is 5.51. The van der Waals surface area contributed by atoms with Gasteiger partial charge in [-0.15, -0.1) is 11.8 Å². The molecule has 0 aliphatic rings. The van der Waals surface area contributed by atoms with E-state index in [0.29, 0.717) is 5.75 Å². The predicted octanol–water partition coefficient (Wildman–Crippen LogP) is 4.39. The minimum absolute atomic E-state index is 0.0526. The molecule has 0 aliphatic carbocycles. The molecule has 0 amide bonds. The maximum atomic E-state index is 13.4. The number of thioether (sulfide) groups is 1. The van der Waals surface area contributed by atoms with Crippen molar-refractivity contribution in [1.82, 2.24) is 0 Å². The van der Waals surface area contributed by atoms with Crippen LogP contribution in [0.3, 0.4) is 0 Å². The Morgan fingerprint density at radius 2 is 1.95 bits per heavy atom. The lowest BCUT2D eigenvalue weighted by Gasteiger charge is -2.04. The SMILES string of the molecule is Cc1cccc(CSCC(=O)c2ccc(F)cc2F)c1. The van der Waals surface area contributed by atoms with E-state index in [0.717, 1.165) is 17.7 Å². The molecule has 0 saturated heterocycles. The summed E-state index contributed by atoms with van der Waals surface area (Å²) in [4.78, 5) is 11.9. The Labute approximate surface area is 121 Å². The number of halogens is 2. The molecule has 104 valence electrons. The molecule has 2 aromatic rings. The van der Waals surface area contributed by atoms with Crippen molar-refractivity contribution in [1.29, 1.82) is 0 Å². The molecule has 0 aromatic heterocycles. The maximum Gasteiger partial charge on any atom is 0.175 e. The second-order valence-electron chi connectivity index (χ2n) is 4.53. The molecule has 2 rings (SSSR count). The first kappa shape index (κ1) is 14.7. The van der Waals surface area contributed by atoms with Crippen molar-refractivity contribution >= 4 is 17.5 Å². The third-order valence-electron chi connectivity index (χ3n) is 2.82. The van der Waals surface area contributed by atoms with Crippen molar-refractivity contribution in [2.24, 2.45) is 0 Å². The van der Waals surface area contributed by atoms with E-state index in [-0.39, 0.29) is 17.1 Å². The van der Waals surface area contributed by atoms with E-state index < -0.39 is 11.6 Å². The molecule has 2 aromatic carbocycles. The van der Waals surface area contributed by atoms with E-state index in [4.69, 9.17) is 0 Å². The van der Waals surface area contributed by atoms with Crippen molar-refractivity contribution in [3.8, 4) is 0 Å². The van der Waals surface area contributed by atoms with E-state index in [2.05, 4.69) is 6.07 Å². The Kier molecular flexibility index (Phi) is 4.90. The van der Waals surface area contributed by atoms with Gasteiger partial charge >= 0.3 is 0 Å². The van der Waals surface area contributed by atoms with E-state index in [1.165, 1.54) is 23.4 Å². The number of ketones is 1. The zero-order valence-electron chi connectivity index (χ0n) is 11.0. The van der Waals surface area contributed by atoms with Gasteiger partial charge in [-0.25, -0.2) is 8.78 Å². The predicted molar refractivity (Wildman–Crippen MR) is 78.0 cm³/mol. The smallest absolute Gasteiger partial charge is 0.175 e. The molecule has 0 radical (unpaired) electrons. The van der Waals surface area contributed by atoms with Crippen molar-refractivity contribution in [3.63, 3.8) is 0 Å². The zero-order valence-corrected chi connectivity index (χ0v) is 11.8. The van der Waals surface area contributed by atoms with Gasteiger partial charge in [-0.1, -0.05) is 29.8 Å². The topological polar surface area (TPSA) is 17.1 Å². The fourth-order valence-corrected chi connectivity index (χ4v) is 2.72. The number of carbonyl (C=O) groups excluding carboxylic acids is 1. The standard InChI is InChI=1S/C16H14F2OS/c1-11-3-2-4-12(7-11)9-20-10-16(19)14-6-5-13(17)8-15(14)18/h2-8H,9-10H2,1H3. The van der Waals surface area contributed by atoms with Crippen LogP contribution < -0.4 is 0 Å². The molecule has 0 fully saturated rings. The molecule has 0 N–H and O–H groups in total. The van der Waals surface area contributed by atoms with Crippen LogP contribution in [-0.2, 0) is 5.75 Å². The first-order chi connectivity index (χ1) is 9.56. The Balaban J connectivity index is 1.92. The summed E-state index contributed by atoms with van der Waals surface area (Å²) in [6, 6.07) is 11.0. The van der Waals surface area contributed by atoms with Crippen LogP contribution in [0.2, 0.25) is 0 Å². The van der Waals surface area contributed by atoms with Crippen molar-refractivity contribution < 1.29 is 13.6 Å². The molecule has 1 nitrogen and oxygen atoms in total.